The molecule has 1 aliphatic rings. The number of hydrogen-bond donors (Lipinski definition) is 1. The minimum absolute atomic E-state index is 0.113. The van der Waals surface area contributed by atoms with Gasteiger partial charge in [-0.2, -0.15) is 0 Å². The van der Waals surface area contributed by atoms with Gasteiger partial charge < -0.3 is 10.2 Å². The number of rotatable bonds is 7. The van der Waals surface area contributed by atoms with Gasteiger partial charge in [0.15, 0.2) is 0 Å². The van der Waals surface area contributed by atoms with Crippen LogP contribution in [0.15, 0.2) is 18.2 Å². The monoisotopic (exact) mass is 308 g/mol. The second-order valence-corrected chi connectivity index (χ2v) is 7.68. The van der Waals surface area contributed by atoms with Crippen molar-refractivity contribution < 1.29 is 0 Å². The Morgan fingerprint density at radius 3 is 2.52 bits per heavy atom. The van der Waals surface area contributed by atoms with Gasteiger partial charge in [0.2, 0.25) is 0 Å². The summed E-state index contributed by atoms with van der Waals surface area (Å²) in [6.45, 7) is 11.9. The Kier molecular flexibility index (Phi) is 5.56. The van der Waals surface area contributed by atoms with E-state index in [9.17, 15) is 0 Å². The lowest BCUT2D eigenvalue weighted by Crippen LogP contribution is -2.35. The van der Waals surface area contributed by atoms with E-state index in [1.165, 1.54) is 37.1 Å². The third-order valence-corrected chi connectivity index (χ3v) is 4.23. The topological polar surface area (TPSA) is 15.3 Å². The predicted octanol–water partition coefficient (Wildman–Crippen LogP) is 4.85. The van der Waals surface area contributed by atoms with E-state index in [1.807, 2.05) is 0 Å². The number of benzene rings is 1. The molecule has 1 aromatic carbocycles. The summed E-state index contributed by atoms with van der Waals surface area (Å²) >= 11 is 6.49. The molecule has 0 bridgehead atoms. The van der Waals surface area contributed by atoms with Crippen LogP contribution < -0.4 is 10.2 Å². The first kappa shape index (κ1) is 16.6. The molecule has 1 aliphatic carbocycles. The zero-order valence-corrected chi connectivity index (χ0v) is 14.6. The van der Waals surface area contributed by atoms with Crippen molar-refractivity contribution in [3.8, 4) is 0 Å². The van der Waals surface area contributed by atoms with Gasteiger partial charge in [0, 0.05) is 35.9 Å². The highest BCUT2D eigenvalue weighted by Gasteiger charge is 2.24. The van der Waals surface area contributed by atoms with E-state index in [1.54, 1.807) is 0 Å². The Hall–Kier alpha value is -0.730. The molecule has 0 radical (unpaired) electrons. The van der Waals surface area contributed by atoms with Crippen LogP contribution in [0.5, 0.6) is 0 Å². The van der Waals surface area contributed by atoms with Crippen LogP contribution in [0, 0.1) is 5.92 Å². The van der Waals surface area contributed by atoms with E-state index in [2.05, 4.69) is 56.1 Å². The molecule has 0 saturated heterocycles. The van der Waals surface area contributed by atoms with Gasteiger partial charge in [-0.15, -0.1) is 0 Å². The maximum atomic E-state index is 6.49. The van der Waals surface area contributed by atoms with Crippen LogP contribution >= 0.6 is 11.6 Å². The fourth-order valence-electron chi connectivity index (χ4n) is 2.44. The Labute approximate surface area is 134 Å². The largest absolute Gasteiger partial charge is 0.371 e. The van der Waals surface area contributed by atoms with Crippen LogP contribution in [0.25, 0.3) is 0 Å². The number of anilines is 1. The Balaban J connectivity index is 2.05. The molecule has 0 spiro atoms. The maximum Gasteiger partial charge on any atom is 0.0471 e. The molecule has 0 unspecified atom stereocenters. The molecule has 1 N–H and O–H groups in total. The zero-order valence-electron chi connectivity index (χ0n) is 13.9. The molecule has 0 heterocycles. The van der Waals surface area contributed by atoms with Crippen LogP contribution in [0.2, 0.25) is 5.02 Å². The molecule has 0 aromatic heterocycles. The number of nitrogens with zero attached hydrogens (tertiary/aromatic N) is 1. The van der Waals surface area contributed by atoms with Crippen LogP contribution in [0.1, 0.15) is 52.5 Å². The van der Waals surface area contributed by atoms with Gasteiger partial charge >= 0.3 is 0 Å². The first-order chi connectivity index (χ1) is 9.89. The molecule has 118 valence electrons. The Morgan fingerprint density at radius 1 is 1.29 bits per heavy atom. The van der Waals surface area contributed by atoms with E-state index in [4.69, 9.17) is 11.6 Å². The number of nitrogens with one attached hydrogen (secondary N) is 1. The van der Waals surface area contributed by atoms with Gasteiger partial charge in [0.1, 0.15) is 0 Å². The molecule has 3 heteroatoms. The number of halogens is 1. The highest BCUT2D eigenvalue weighted by molar-refractivity contribution is 6.31. The fraction of sp³-hybridized carbons (Fsp3) is 0.667. The van der Waals surface area contributed by atoms with Gasteiger partial charge in [0.05, 0.1) is 0 Å². The summed E-state index contributed by atoms with van der Waals surface area (Å²) in [6, 6.07) is 6.54. The first-order valence-electron chi connectivity index (χ1n) is 8.17. The summed E-state index contributed by atoms with van der Waals surface area (Å²) in [4.78, 5) is 2.49. The van der Waals surface area contributed by atoms with Crippen LogP contribution in [-0.4, -0.2) is 18.6 Å². The highest BCUT2D eigenvalue weighted by atomic mass is 35.5. The fourth-order valence-corrected chi connectivity index (χ4v) is 2.69. The Bertz CT molecular complexity index is 461. The van der Waals surface area contributed by atoms with Crippen molar-refractivity contribution in [2.75, 3.05) is 18.0 Å². The molecular formula is C18H29ClN2. The van der Waals surface area contributed by atoms with E-state index in [-0.39, 0.29) is 5.54 Å². The second-order valence-electron chi connectivity index (χ2n) is 7.27. The van der Waals surface area contributed by atoms with Crippen molar-refractivity contribution in [1.29, 1.82) is 0 Å². The van der Waals surface area contributed by atoms with Crippen molar-refractivity contribution in [2.24, 2.45) is 5.92 Å². The van der Waals surface area contributed by atoms with Gasteiger partial charge in [-0.3, -0.25) is 0 Å². The first-order valence-corrected chi connectivity index (χ1v) is 8.55. The minimum Gasteiger partial charge on any atom is -0.371 e. The van der Waals surface area contributed by atoms with Crippen LogP contribution in [0.3, 0.4) is 0 Å². The van der Waals surface area contributed by atoms with Gasteiger partial charge in [0.25, 0.3) is 0 Å². The molecule has 2 rings (SSSR count). The third kappa shape index (κ3) is 5.52. The lowest BCUT2D eigenvalue weighted by Gasteiger charge is -2.25. The van der Waals surface area contributed by atoms with Crippen LogP contribution in [-0.2, 0) is 6.54 Å². The smallest absolute Gasteiger partial charge is 0.0471 e. The summed E-state index contributed by atoms with van der Waals surface area (Å²) in [5.41, 5.74) is 2.56. The standard InChI is InChI=1S/C18H29ClN2/c1-5-10-21(13-14-6-7-14)16-9-8-15(17(19)11-16)12-20-18(2,3)4/h8-9,11,14,20H,5-7,10,12-13H2,1-4H3. The van der Waals surface area contributed by atoms with Crippen molar-refractivity contribution in [3.05, 3.63) is 28.8 Å². The average molecular weight is 309 g/mol. The molecule has 2 nitrogen and oxygen atoms in total. The predicted molar refractivity (Wildman–Crippen MR) is 93.3 cm³/mol. The summed E-state index contributed by atoms with van der Waals surface area (Å²) < 4.78 is 0. The minimum atomic E-state index is 0.113. The third-order valence-electron chi connectivity index (χ3n) is 3.88. The highest BCUT2D eigenvalue weighted by Crippen LogP contribution is 2.32. The van der Waals surface area contributed by atoms with E-state index >= 15 is 0 Å². The van der Waals surface area contributed by atoms with Crippen molar-refractivity contribution in [3.63, 3.8) is 0 Å². The Morgan fingerprint density at radius 2 is 2.00 bits per heavy atom. The SMILES string of the molecule is CCCN(CC1CC1)c1ccc(CNC(C)(C)C)c(Cl)c1. The molecule has 1 saturated carbocycles. The van der Waals surface area contributed by atoms with E-state index < -0.39 is 0 Å². The van der Waals surface area contributed by atoms with E-state index in [0.29, 0.717) is 0 Å². The molecule has 0 amide bonds. The van der Waals surface area contributed by atoms with Crippen molar-refractivity contribution >= 4 is 17.3 Å². The molecule has 0 aliphatic heterocycles. The molecule has 21 heavy (non-hydrogen) atoms. The van der Waals surface area contributed by atoms with Crippen LogP contribution in [0.4, 0.5) is 5.69 Å². The van der Waals surface area contributed by atoms with Crippen molar-refractivity contribution in [2.45, 2.75) is 59.0 Å². The van der Waals surface area contributed by atoms with Crippen molar-refractivity contribution in [1.82, 2.24) is 5.32 Å². The van der Waals surface area contributed by atoms with E-state index in [0.717, 1.165) is 24.0 Å². The maximum absolute atomic E-state index is 6.49. The molecule has 1 fully saturated rings. The quantitative estimate of drug-likeness (QED) is 0.774. The zero-order chi connectivity index (χ0) is 15.5. The lowest BCUT2D eigenvalue weighted by molar-refractivity contribution is 0.424. The van der Waals surface area contributed by atoms with Gasteiger partial charge in [-0.25, -0.2) is 0 Å². The normalized spacial score (nSPS) is 15.3. The van der Waals surface area contributed by atoms with Gasteiger partial charge in [-0.05, 0) is 63.6 Å². The summed E-state index contributed by atoms with van der Waals surface area (Å²) in [5.74, 6) is 0.901. The average Bonchev–Trinajstić information content (AvgIpc) is 3.20. The molecule has 1 aromatic rings. The summed E-state index contributed by atoms with van der Waals surface area (Å²) in [7, 11) is 0. The lowest BCUT2D eigenvalue weighted by atomic mass is 10.1. The molecular weight excluding hydrogens is 280 g/mol. The number of hydrogen-bond acceptors (Lipinski definition) is 2. The molecule has 0 atom stereocenters. The summed E-state index contributed by atoms with van der Waals surface area (Å²) in [5, 5.41) is 4.37. The van der Waals surface area contributed by atoms with Gasteiger partial charge in [-0.1, -0.05) is 24.6 Å². The summed E-state index contributed by atoms with van der Waals surface area (Å²) in [6.07, 6.45) is 3.96. The second kappa shape index (κ2) is 7.02.